The van der Waals surface area contributed by atoms with Gasteiger partial charge in [0.2, 0.25) is 0 Å². The second kappa shape index (κ2) is 5.99. The van der Waals surface area contributed by atoms with E-state index in [0.29, 0.717) is 28.8 Å². The van der Waals surface area contributed by atoms with Crippen molar-refractivity contribution in [2.75, 3.05) is 0 Å². The van der Waals surface area contributed by atoms with Crippen LogP contribution >= 0.6 is 11.6 Å². The normalized spacial score (nSPS) is 10.8. The predicted octanol–water partition coefficient (Wildman–Crippen LogP) is 3.50. The zero-order valence-electron chi connectivity index (χ0n) is 10.9. The van der Waals surface area contributed by atoms with Crippen molar-refractivity contribution in [3.63, 3.8) is 0 Å². The van der Waals surface area contributed by atoms with Gasteiger partial charge in [-0.05, 0) is 18.2 Å². The molecule has 0 unspecified atom stereocenters. The molecule has 5 heteroatoms. The Hall–Kier alpha value is -1.65. The first-order chi connectivity index (χ1) is 9.10. The topological polar surface area (TPSA) is 61.0 Å². The highest BCUT2D eigenvalue weighted by atomic mass is 35.5. The number of aromatic nitrogens is 2. The van der Waals surface area contributed by atoms with Crippen molar-refractivity contribution in [3.05, 3.63) is 47.0 Å². The number of hydrogen-bond donors (Lipinski definition) is 1. The first-order valence-corrected chi connectivity index (χ1v) is 6.47. The first kappa shape index (κ1) is 13.8. The van der Waals surface area contributed by atoms with E-state index in [2.05, 4.69) is 9.97 Å². The minimum absolute atomic E-state index is 0.255. The second-order valence-electron chi connectivity index (χ2n) is 4.46. The molecule has 0 bridgehead atoms. The Bertz CT molecular complexity index is 572. The third kappa shape index (κ3) is 3.43. The van der Waals surface area contributed by atoms with Crippen molar-refractivity contribution in [1.82, 2.24) is 9.97 Å². The second-order valence-corrected chi connectivity index (χ2v) is 4.89. The van der Waals surface area contributed by atoms with Gasteiger partial charge in [0, 0.05) is 17.5 Å². The largest absolute Gasteiger partial charge is 0.454 e. The summed E-state index contributed by atoms with van der Waals surface area (Å²) in [5.41, 5.74) is 6.40. The molecule has 0 aliphatic heterocycles. The van der Waals surface area contributed by atoms with Gasteiger partial charge in [-0.3, -0.25) is 0 Å². The van der Waals surface area contributed by atoms with Gasteiger partial charge >= 0.3 is 0 Å². The molecule has 0 atom stereocenters. The van der Waals surface area contributed by atoms with Crippen molar-refractivity contribution in [2.45, 2.75) is 26.3 Å². The third-order valence-electron chi connectivity index (χ3n) is 2.58. The van der Waals surface area contributed by atoms with E-state index in [1.54, 1.807) is 18.3 Å². The fraction of sp³-hybridized carbons (Fsp3) is 0.286. The molecule has 19 heavy (non-hydrogen) atoms. The molecular formula is C14H16ClN3O. The summed E-state index contributed by atoms with van der Waals surface area (Å²) < 4.78 is 5.73. The zero-order valence-corrected chi connectivity index (χ0v) is 11.7. The van der Waals surface area contributed by atoms with Gasteiger partial charge in [0.1, 0.15) is 17.3 Å². The van der Waals surface area contributed by atoms with Crippen LogP contribution in [0.1, 0.15) is 31.3 Å². The number of rotatable bonds is 4. The highest BCUT2D eigenvalue weighted by molar-refractivity contribution is 6.30. The van der Waals surface area contributed by atoms with Crippen molar-refractivity contribution in [3.8, 4) is 11.5 Å². The van der Waals surface area contributed by atoms with Gasteiger partial charge < -0.3 is 10.5 Å². The summed E-state index contributed by atoms with van der Waals surface area (Å²) in [6.07, 6.45) is 1.66. The van der Waals surface area contributed by atoms with Crippen LogP contribution in [0.15, 0.2) is 30.5 Å². The summed E-state index contributed by atoms with van der Waals surface area (Å²) in [5, 5.41) is 0.617. The minimum Gasteiger partial charge on any atom is -0.454 e. The summed E-state index contributed by atoms with van der Waals surface area (Å²) in [7, 11) is 0. The van der Waals surface area contributed by atoms with Crippen LogP contribution < -0.4 is 10.5 Å². The summed E-state index contributed by atoms with van der Waals surface area (Å²) in [4.78, 5) is 8.70. The van der Waals surface area contributed by atoms with Gasteiger partial charge in [-0.15, -0.1) is 0 Å². The molecule has 0 radical (unpaired) electrons. The smallest absolute Gasteiger partial charge is 0.168 e. The number of nitrogens with two attached hydrogens (primary N) is 1. The van der Waals surface area contributed by atoms with Crippen LogP contribution in [0.5, 0.6) is 11.5 Å². The molecule has 2 N–H and O–H groups in total. The van der Waals surface area contributed by atoms with Crippen molar-refractivity contribution < 1.29 is 4.74 Å². The lowest BCUT2D eigenvalue weighted by Gasteiger charge is -2.11. The summed E-state index contributed by atoms with van der Waals surface area (Å²) in [6, 6.07) is 7.17. The molecule has 2 rings (SSSR count). The van der Waals surface area contributed by atoms with E-state index in [-0.39, 0.29) is 5.92 Å². The molecule has 0 fully saturated rings. The van der Waals surface area contributed by atoms with Gasteiger partial charge in [0.15, 0.2) is 5.75 Å². The Morgan fingerprint density at radius 2 is 2.16 bits per heavy atom. The highest BCUT2D eigenvalue weighted by Gasteiger charge is 2.10. The van der Waals surface area contributed by atoms with Crippen LogP contribution in [0, 0.1) is 0 Å². The average Bonchev–Trinajstić information content (AvgIpc) is 2.39. The molecule has 1 aromatic heterocycles. The minimum atomic E-state index is 0.255. The molecule has 0 spiro atoms. The Labute approximate surface area is 117 Å². The Kier molecular flexibility index (Phi) is 4.35. The first-order valence-electron chi connectivity index (χ1n) is 6.09. The SMILES string of the molecule is CC(C)c1ncc(Oc2cccc(Cl)c2)c(CN)n1. The monoisotopic (exact) mass is 277 g/mol. The Balaban J connectivity index is 2.29. The van der Waals surface area contributed by atoms with Crippen molar-refractivity contribution in [2.24, 2.45) is 5.73 Å². The Morgan fingerprint density at radius 3 is 2.79 bits per heavy atom. The molecule has 0 saturated carbocycles. The van der Waals surface area contributed by atoms with Crippen LogP contribution in [-0.2, 0) is 6.54 Å². The standard InChI is InChI=1S/C14H16ClN3O/c1-9(2)14-17-8-13(12(7-16)18-14)19-11-5-3-4-10(15)6-11/h3-6,8-9H,7,16H2,1-2H3. The molecule has 0 saturated heterocycles. The quantitative estimate of drug-likeness (QED) is 0.929. The van der Waals surface area contributed by atoms with E-state index in [0.717, 1.165) is 5.82 Å². The van der Waals surface area contributed by atoms with Gasteiger partial charge in [-0.2, -0.15) is 0 Å². The van der Waals surface area contributed by atoms with Crippen LogP contribution in [0.4, 0.5) is 0 Å². The van der Waals surface area contributed by atoms with Crippen molar-refractivity contribution >= 4 is 11.6 Å². The van der Waals surface area contributed by atoms with Gasteiger partial charge in [0.25, 0.3) is 0 Å². The van der Waals surface area contributed by atoms with E-state index in [1.807, 2.05) is 26.0 Å². The summed E-state index contributed by atoms with van der Waals surface area (Å²) in [5.74, 6) is 2.22. The number of hydrogen-bond acceptors (Lipinski definition) is 4. The van der Waals surface area contributed by atoms with Gasteiger partial charge in [0.05, 0.1) is 6.20 Å². The molecule has 1 heterocycles. The predicted molar refractivity (Wildman–Crippen MR) is 75.5 cm³/mol. The molecule has 0 aliphatic rings. The summed E-state index contributed by atoms with van der Waals surface area (Å²) in [6.45, 7) is 4.37. The zero-order chi connectivity index (χ0) is 13.8. The van der Waals surface area contributed by atoms with Gasteiger partial charge in [-0.1, -0.05) is 31.5 Å². The number of benzene rings is 1. The molecule has 2 aromatic rings. The number of nitrogens with zero attached hydrogens (tertiary/aromatic N) is 2. The maximum Gasteiger partial charge on any atom is 0.168 e. The van der Waals surface area contributed by atoms with E-state index in [4.69, 9.17) is 22.1 Å². The third-order valence-corrected chi connectivity index (χ3v) is 2.82. The van der Waals surface area contributed by atoms with Crippen LogP contribution in [0.2, 0.25) is 5.02 Å². The van der Waals surface area contributed by atoms with Crippen LogP contribution in [0.3, 0.4) is 0 Å². The molecule has 0 amide bonds. The lowest BCUT2D eigenvalue weighted by Crippen LogP contribution is -2.07. The van der Waals surface area contributed by atoms with E-state index < -0.39 is 0 Å². The van der Waals surface area contributed by atoms with Crippen molar-refractivity contribution in [1.29, 1.82) is 0 Å². The molecule has 4 nitrogen and oxygen atoms in total. The van der Waals surface area contributed by atoms with Gasteiger partial charge in [-0.25, -0.2) is 9.97 Å². The Morgan fingerprint density at radius 1 is 1.37 bits per heavy atom. The maximum atomic E-state index is 5.92. The molecular weight excluding hydrogens is 262 g/mol. The molecule has 1 aromatic carbocycles. The van der Waals surface area contributed by atoms with E-state index in [1.165, 1.54) is 0 Å². The maximum absolute atomic E-state index is 5.92. The molecule has 0 aliphatic carbocycles. The lowest BCUT2D eigenvalue weighted by atomic mass is 10.2. The lowest BCUT2D eigenvalue weighted by molar-refractivity contribution is 0.467. The molecule has 100 valence electrons. The fourth-order valence-corrected chi connectivity index (χ4v) is 1.77. The van der Waals surface area contributed by atoms with E-state index >= 15 is 0 Å². The summed E-state index contributed by atoms with van der Waals surface area (Å²) >= 11 is 5.92. The van der Waals surface area contributed by atoms with Crippen LogP contribution in [0.25, 0.3) is 0 Å². The number of halogens is 1. The fourth-order valence-electron chi connectivity index (χ4n) is 1.59. The van der Waals surface area contributed by atoms with E-state index in [9.17, 15) is 0 Å². The van der Waals surface area contributed by atoms with Crippen LogP contribution in [-0.4, -0.2) is 9.97 Å². The number of ether oxygens (including phenoxy) is 1. The highest BCUT2D eigenvalue weighted by Crippen LogP contribution is 2.26. The average molecular weight is 278 g/mol.